The number of aromatic nitrogens is 2. The van der Waals surface area contributed by atoms with Crippen LogP contribution in [0.4, 0.5) is 0 Å². The fourth-order valence-electron chi connectivity index (χ4n) is 3.03. The van der Waals surface area contributed by atoms with Gasteiger partial charge in [-0.2, -0.15) is 5.10 Å². The minimum atomic E-state index is -0.0695. The first-order valence-corrected chi connectivity index (χ1v) is 8.86. The lowest BCUT2D eigenvalue weighted by Gasteiger charge is -2.24. The van der Waals surface area contributed by atoms with Crippen LogP contribution in [0.25, 0.3) is 5.69 Å². The smallest absolute Gasteiger partial charge is 0.191 e. The predicted molar refractivity (Wildman–Crippen MR) is 116 cm³/mol. The Labute approximate surface area is 172 Å². The first-order chi connectivity index (χ1) is 12.2. The summed E-state index contributed by atoms with van der Waals surface area (Å²) >= 11 is 0. The van der Waals surface area contributed by atoms with Crippen LogP contribution in [-0.2, 0) is 11.2 Å². The maximum atomic E-state index is 5.80. The third-order valence-electron chi connectivity index (χ3n) is 4.57. The highest BCUT2D eigenvalue weighted by Gasteiger charge is 2.29. The van der Waals surface area contributed by atoms with E-state index in [2.05, 4.69) is 51.9 Å². The number of benzene rings is 1. The highest BCUT2D eigenvalue weighted by molar-refractivity contribution is 14.0. The second-order valence-corrected chi connectivity index (χ2v) is 6.62. The van der Waals surface area contributed by atoms with Crippen molar-refractivity contribution in [3.05, 3.63) is 48.3 Å². The van der Waals surface area contributed by atoms with Gasteiger partial charge in [0.15, 0.2) is 5.96 Å². The van der Waals surface area contributed by atoms with Crippen molar-refractivity contribution in [1.29, 1.82) is 0 Å². The van der Waals surface area contributed by atoms with Gasteiger partial charge < -0.3 is 15.4 Å². The largest absolute Gasteiger partial charge is 0.373 e. The van der Waals surface area contributed by atoms with Gasteiger partial charge in [0.2, 0.25) is 0 Å². The summed E-state index contributed by atoms with van der Waals surface area (Å²) < 4.78 is 7.66. The van der Waals surface area contributed by atoms with E-state index in [1.807, 2.05) is 16.9 Å². The molecule has 0 bridgehead atoms. The molecule has 0 spiro atoms. The second-order valence-electron chi connectivity index (χ2n) is 6.62. The normalized spacial score (nSPS) is 19.8. The summed E-state index contributed by atoms with van der Waals surface area (Å²) in [7, 11) is 1.80. The van der Waals surface area contributed by atoms with E-state index in [-0.39, 0.29) is 29.6 Å². The van der Waals surface area contributed by atoms with E-state index in [1.54, 1.807) is 13.2 Å². The first kappa shape index (κ1) is 20.7. The zero-order chi connectivity index (χ0) is 17.5. The number of nitrogens with one attached hydrogen (secondary N) is 2. The van der Waals surface area contributed by atoms with Gasteiger partial charge in [-0.3, -0.25) is 4.99 Å². The Hall–Kier alpha value is -1.61. The number of hydrogen-bond donors (Lipinski definition) is 2. The quantitative estimate of drug-likeness (QED) is 0.388. The summed E-state index contributed by atoms with van der Waals surface area (Å²) in [6.07, 6.45) is 6.90. The fraction of sp³-hybridized carbons (Fsp3) is 0.474. The molecule has 1 fully saturated rings. The number of rotatable bonds is 6. The van der Waals surface area contributed by atoms with E-state index >= 15 is 0 Å². The van der Waals surface area contributed by atoms with E-state index in [1.165, 1.54) is 5.56 Å². The molecule has 0 amide bonds. The summed E-state index contributed by atoms with van der Waals surface area (Å²) in [6, 6.07) is 10.4. The summed E-state index contributed by atoms with van der Waals surface area (Å²) in [5, 5.41) is 11.0. The third-order valence-corrected chi connectivity index (χ3v) is 4.57. The summed E-state index contributed by atoms with van der Waals surface area (Å²) in [5.74, 6) is 0.824. The minimum absolute atomic E-state index is 0. The van der Waals surface area contributed by atoms with Gasteiger partial charge in [0.05, 0.1) is 11.3 Å². The zero-order valence-corrected chi connectivity index (χ0v) is 17.8. The number of halogens is 1. The van der Waals surface area contributed by atoms with Crippen LogP contribution in [0.2, 0.25) is 0 Å². The van der Waals surface area contributed by atoms with Gasteiger partial charge in [0.25, 0.3) is 0 Å². The average molecular weight is 469 g/mol. The number of ether oxygens (including phenoxy) is 1. The molecule has 3 rings (SSSR count). The summed E-state index contributed by atoms with van der Waals surface area (Å²) in [4.78, 5) is 4.29. The molecule has 1 unspecified atom stereocenters. The molecule has 1 aliphatic rings. The van der Waals surface area contributed by atoms with Gasteiger partial charge in [0.1, 0.15) is 0 Å². The van der Waals surface area contributed by atoms with Gasteiger partial charge in [-0.05, 0) is 49.9 Å². The van der Waals surface area contributed by atoms with Gasteiger partial charge in [0, 0.05) is 39.1 Å². The molecule has 0 aliphatic carbocycles. The molecule has 1 aromatic carbocycles. The van der Waals surface area contributed by atoms with Crippen molar-refractivity contribution in [3.63, 3.8) is 0 Å². The summed E-state index contributed by atoms with van der Waals surface area (Å²) in [6.45, 7) is 4.63. The van der Waals surface area contributed by atoms with Crippen molar-refractivity contribution >= 4 is 29.9 Å². The van der Waals surface area contributed by atoms with E-state index in [0.29, 0.717) is 0 Å². The highest BCUT2D eigenvalue weighted by Crippen LogP contribution is 2.23. The van der Waals surface area contributed by atoms with Crippen LogP contribution >= 0.6 is 24.0 Å². The Balaban J connectivity index is 0.00000243. The van der Waals surface area contributed by atoms with E-state index in [0.717, 1.165) is 50.6 Å². The Kier molecular flexibility index (Phi) is 7.89. The molecule has 1 saturated heterocycles. The monoisotopic (exact) mass is 469 g/mol. The highest BCUT2D eigenvalue weighted by atomic mass is 127. The Morgan fingerprint density at radius 2 is 2.12 bits per heavy atom. The molecule has 1 aliphatic heterocycles. The third kappa shape index (κ3) is 5.70. The van der Waals surface area contributed by atoms with Gasteiger partial charge in [-0.1, -0.05) is 12.1 Å². The maximum Gasteiger partial charge on any atom is 0.191 e. The van der Waals surface area contributed by atoms with Crippen LogP contribution in [0, 0.1) is 0 Å². The molecule has 1 aromatic heterocycles. The number of hydrogen-bond acceptors (Lipinski definition) is 3. The van der Waals surface area contributed by atoms with E-state index in [9.17, 15) is 0 Å². The molecule has 7 heteroatoms. The van der Waals surface area contributed by atoms with Gasteiger partial charge >= 0.3 is 0 Å². The van der Waals surface area contributed by atoms with Crippen molar-refractivity contribution in [1.82, 2.24) is 20.4 Å². The van der Waals surface area contributed by atoms with Gasteiger partial charge in [-0.15, -0.1) is 24.0 Å². The molecule has 0 saturated carbocycles. The van der Waals surface area contributed by atoms with Crippen LogP contribution in [0.1, 0.15) is 25.3 Å². The number of aliphatic imine (C=N–C) groups is 1. The van der Waals surface area contributed by atoms with Crippen LogP contribution < -0.4 is 10.6 Å². The molecular formula is C19H28IN5O. The first-order valence-electron chi connectivity index (χ1n) is 8.86. The molecule has 142 valence electrons. The molecule has 1 atom stereocenters. The molecule has 6 nitrogen and oxygen atoms in total. The molecule has 2 heterocycles. The standard InChI is InChI=1S/C19H27N5O.HI/c1-19(10-3-14-25-19)15-22-18(20-2)21-12-9-16-5-7-17(8-6-16)24-13-4-11-23-24;/h4-8,11,13H,3,9-10,12,14-15H2,1-2H3,(H2,20,21,22);1H. The molecule has 2 aromatic rings. The predicted octanol–water partition coefficient (Wildman–Crippen LogP) is 2.77. The lowest BCUT2D eigenvalue weighted by molar-refractivity contribution is 0.0243. The minimum Gasteiger partial charge on any atom is -0.373 e. The van der Waals surface area contributed by atoms with Crippen molar-refractivity contribution in [3.8, 4) is 5.69 Å². The number of guanidine groups is 1. The molecule has 0 radical (unpaired) electrons. The van der Waals surface area contributed by atoms with Crippen molar-refractivity contribution in [2.45, 2.75) is 31.8 Å². The van der Waals surface area contributed by atoms with Crippen molar-refractivity contribution in [2.24, 2.45) is 4.99 Å². The van der Waals surface area contributed by atoms with Gasteiger partial charge in [-0.25, -0.2) is 4.68 Å². The fourth-order valence-corrected chi connectivity index (χ4v) is 3.03. The molecular weight excluding hydrogens is 441 g/mol. The topological polar surface area (TPSA) is 63.5 Å². The lowest BCUT2D eigenvalue weighted by atomic mass is 10.0. The Bertz CT molecular complexity index is 678. The van der Waals surface area contributed by atoms with E-state index < -0.39 is 0 Å². The molecule has 26 heavy (non-hydrogen) atoms. The number of nitrogens with zero attached hydrogens (tertiary/aromatic N) is 3. The van der Waals surface area contributed by atoms with Crippen molar-refractivity contribution < 1.29 is 4.74 Å². The van der Waals surface area contributed by atoms with Crippen LogP contribution in [-0.4, -0.2) is 48.1 Å². The van der Waals surface area contributed by atoms with E-state index in [4.69, 9.17) is 4.74 Å². The Morgan fingerprint density at radius 1 is 1.31 bits per heavy atom. The van der Waals surface area contributed by atoms with Crippen molar-refractivity contribution in [2.75, 3.05) is 26.7 Å². The average Bonchev–Trinajstić information content (AvgIpc) is 3.31. The summed E-state index contributed by atoms with van der Waals surface area (Å²) in [5.41, 5.74) is 2.29. The van der Waals surface area contributed by atoms with Crippen LogP contribution in [0.5, 0.6) is 0 Å². The SMILES string of the molecule is CN=C(NCCc1ccc(-n2cccn2)cc1)NCC1(C)CCCO1.I. The van der Waals surface area contributed by atoms with Crippen LogP contribution in [0.15, 0.2) is 47.7 Å². The molecule has 2 N–H and O–H groups in total. The maximum absolute atomic E-state index is 5.80. The second kappa shape index (κ2) is 9.91. The zero-order valence-electron chi connectivity index (χ0n) is 15.4. The van der Waals surface area contributed by atoms with Crippen LogP contribution in [0.3, 0.4) is 0 Å². The lowest BCUT2D eigenvalue weighted by Crippen LogP contribution is -2.45. The Morgan fingerprint density at radius 3 is 2.73 bits per heavy atom.